The van der Waals surface area contributed by atoms with Gasteiger partial charge in [-0.25, -0.2) is 28.6 Å². The number of hydrogen-bond acceptors (Lipinski definition) is 19. The highest BCUT2D eigenvalue weighted by Crippen LogP contribution is 2.61. The van der Waals surface area contributed by atoms with Gasteiger partial charge in [0.2, 0.25) is 11.8 Å². The third kappa shape index (κ3) is 14.7. The van der Waals surface area contributed by atoms with Crippen LogP contribution in [0.1, 0.15) is 52.7 Å². The lowest BCUT2D eigenvalue weighted by Gasteiger charge is -2.30. The number of nitrogens with one attached hydrogen (secondary N) is 2. The van der Waals surface area contributed by atoms with Crippen molar-refractivity contribution in [2.75, 3.05) is 37.8 Å². The summed E-state index contributed by atoms with van der Waals surface area (Å²) in [7, 11) is -16.4. The number of amides is 2. The fraction of sp³-hybridized carbons (Fsp3) is 0.704. The van der Waals surface area contributed by atoms with Crippen LogP contribution in [0.4, 0.5) is 5.82 Å². The Bertz CT molecular complexity index is 1820. The van der Waals surface area contributed by atoms with Crippen molar-refractivity contribution in [3.63, 3.8) is 0 Å². The van der Waals surface area contributed by atoms with Gasteiger partial charge in [-0.05, 0) is 6.42 Å². The van der Waals surface area contributed by atoms with Crippen LogP contribution >= 0.6 is 35.2 Å². The number of carbonyl (C=O) groups excluding carboxylic acids is 3. The number of phosphoric ester groups is 3. The molecular weight excluding hydrogens is 835 g/mol. The third-order valence-electron chi connectivity index (χ3n) is 7.79. The standard InChI is InChI=1S/C27H46N7O18P3S/c1-4-5-15(35)10-18(37)56-9-8-29-17(36)6-7-30-25(40)22(39)27(2,3)12-49-55(46,47)52-54(44,45)48-11-16-21(51-53(41,42)43)20(38)26(50-16)34-14-33-19-23(28)31-13-32-24(19)34/h13-16,20-22,26,35,38-39H,4-12H2,1-3H3,(H,29,36)(H,30,40)(H,44,45)(H,46,47)(H2,28,31,32)(H2,41,42,43)/t15-,16+,20+,21+,22-,26+/m0/s1. The molecule has 0 aromatic carbocycles. The number of ether oxygens (including phenoxy) is 1. The predicted molar refractivity (Wildman–Crippen MR) is 193 cm³/mol. The monoisotopic (exact) mass is 881 g/mol. The van der Waals surface area contributed by atoms with Gasteiger partial charge in [0, 0.05) is 37.1 Å². The van der Waals surface area contributed by atoms with E-state index in [0.29, 0.717) is 6.42 Å². The maximum atomic E-state index is 12.7. The molecule has 2 unspecified atom stereocenters. The summed E-state index contributed by atoms with van der Waals surface area (Å²) in [4.78, 5) is 87.3. The normalized spacial score (nSPS) is 22.2. The Balaban J connectivity index is 1.48. The second-order valence-electron chi connectivity index (χ2n) is 12.9. The number of rotatable bonds is 23. The molecule has 0 spiro atoms. The molecule has 56 heavy (non-hydrogen) atoms. The number of fused-ring (bicyclic) bond motifs is 1. The summed E-state index contributed by atoms with van der Waals surface area (Å²) in [5, 5.41) is 35.8. The molecule has 0 radical (unpaired) electrons. The van der Waals surface area contributed by atoms with Gasteiger partial charge in [0.1, 0.15) is 36.3 Å². The fourth-order valence-electron chi connectivity index (χ4n) is 4.98. The minimum absolute atomic E-state index is 0.00827. The number of hydrogen-bond donors (Lipinski definition) is 10. The quantitative estimate of drug-likeness (QED) is 0.0483. The Kier molecular flexibility index (Phi) is 17.5. The van der Waals surface area contributed by atoms with Crippen LogP contribution in [0, 0.1) is 5.41 Å². The lowest BCUT2D eigenvalue weighted by atomic mass is 9.87. The van der Waals surface area contributed by atoms with Crippen molar-refractivity contribution < 1.29 is 85.6 Å². The van der Waals surface area contributed by atoms with Gasteiger partial charge in [0.15, 0.2) is 22.8 Å². The number of nitrogens with zero attached hydrogens (tertiary/aromatic N) is 4. The van der Waals surface area contributed by atoms with E-state index in [0.717, 1.165) is 35.4 Å². The average molecular weight is 882 g/mol. The van der Waals surface area contributed by atoms with Gasteiger partial charge in [-0.2, -0.15) is 4.31 Å². The van der Waals surface area contributed by atoms with E-state index >= 15 is 0 Å². The van der Waals surface area contributed by atoms with E-state index < -0.39 is 90.7 Å². The van der Waals surface area contributed by atoms with Crippen LogP contribution in [0.5, 0.6) is 0 Å². The number of phosphoric acid groups is 3. The molecule has 2 aromatic heterocycles. The maximum absolute atomic E-state index is 12.7. The second kappa shape index (κ2) is 20.5. The molecule has 11 N–H and O–H groups in total. The Morgan fingerprint density at radius 2 is 1.73 bits per heavy atom. The minimum Gasteiger partial charge on any atom is -0.393 e. The first-order chi connectivity index (χ1) is 25.9. The lowest BCUT2D eigenvalue weighted by Crippen LogP contribution is -2.46. The molecule has 0 saturated carbocycles. The first kappa shape index (κ1) is 47.9. The number of nitrogen functional groups attached to an aromatic ring is 1. The number of aromatic nitrogens is 4. The third-order valence-corrected chi connectivity index (χ3v) is 11.8. The SMILES string of the molecule is CCC[C@H](O)CC(=O)SCCNC(=O)CCNC(=O)[C@H](O)C(C)(C)COP(=O)(O)OP(=O)(O)OC[C@H]1O[C@@H](n2cnc3c(N)ncnc32)[C@H](O)[C@@H]1OP(=O)(O)O. The number of imidazole rings is 1. The van der Waals surface area contributed by atoms with Gasteiger partial charge < -0.3 is 56.0 Å². The molecule has 0 aliphatic carbocycles. The van der Waals surface area contributed by atoms with Crippen LogP contribution in [-0.4, -0.2) is 134 Å². The van der Waals surface area contributed by atoms with Gasteiger partial charge in [0.25, 0.3) is 0 Å². The van der Waals surface area contributed by atoms with Gasteiger partial charge in [0.05, 0.1) is 25.6 Å². The molecule has 1 saturated heterocycles. The lowest BCUT2D eigenvalue weighted by molar-refractivity contribution is -0.137. The zero-order chi connectivity index (χ0) is 42.1. The van der Waals surface area contributed by atoms with Gasteiger partial charge >= 0.3 is 23.5 Å². The summed E-state index contributed by atoms with van der Waals surface area (Å²) in [5.74, 6) is -1.24. The number of carbonyl (C=O) groups is 3. The largest absolute Gasteiger partial charge is 0.481 e. The molecule has 1 aliphatic heterocycles. The Morgan fingerprint density at radius 3 is 2.39 bits per heavy atom. The maximum Gasteiger partial charge on any atom is 0.481 e. The topological polar surface area (TPSA) is 384 Å². The van der Waals surface area contributed by atoms with Crippen molar-refractivity contribution in [2.24, 2.45) is 5.41 Å². The summed E-state index contributed by atoms with van der Waals surface area (Å²) >= 11 is 0.964. The summed E-state index contributed by atoms with van der Waals surface area (Å²) in [5.41, 5.74) is 4.24. The molecule has 3 rings (SSSR count). The zero-order valence-corrected chi connectivity index (χ0v) is 33.7. The summed E-state index contributed by atoms with van der Waals surface area (Å²) < 4.78 is 62.0. The van der Waals surface area contributed by atoms with Crippen LogP contribution in [0.15, 0.2) is 12.7 Å². The van der Waals surface area contributed by atoms with Crippen molar-refractivity contribution in [1.29, 1.82) is 0 Å². The zero-order valence-electron chi connectivity index (χ0n) is 30.2. The van der Waals surface area contributed by atoms with Crippen LogP contribution in [0.2, 0.25) is 0 Å². The number of anilines is 1. The second-order valence-corrected chi connectivity index (χ2v) is 18.3. The van der Waals surface area contributed by atoms with Crippen LogP contribution in [0.25, 0.3) is 11.2 Å². The molecule has 318 valence electrons. The molecule has 2 aromatic rings. The molecule has 3 heterocycles. The Morgan fingerprint density at radius 1 is 1.05 bits per heavy atom. The molecule has 25 nitrogen and oxygen atoms in total. The fourth-order valence-corrected chi connectivity index (χ4v) is 8.55. The van der Waals surface area contributed by atoms with Gasteiger partial charge in [-0.15, -0.1) is 0 Å². The van der Waals surface area contributed by atoms with Gasteiger partial charge in [-0.1, -0.05) is 39.0 Å². The van der Waals surface area contributed by atoms with E-state index in [9.17, 15) is 63.0 Å². The Hall–Kier alpha value is -2.48. The minimum atomic E-state index is -5.58. The van der Waals surface area contributed by atoms with Crippen LogP contribution < -0.4 is 16.4 Å². The number of aliphatic hydroxyl groups excluding tert-OH is 3. The smallest absolute Gasteiger partial charge is 0.393 e. The molecular formula is C27H46N7O18P3S. The average Bonchev–Trinajstić information content (AvgIpc) is 3.64. The number of aliphatic hydroxyl groups is 3. The highest BCUT2D eigenvalue weighted by Gasteiger charge is 2.50. The first-order valence-corrected chi connectivity index (χ1v) is 22.2. The van der Waals surface area contributed by atoms with E-state index in [1.807, 2.05) is 6.92 Å². The van der Waals surface area contributed by atoms with Crippen molar-refractivity contribution in [3.8, 4) is 0 Å². The van der Waals surface area contributed by atoms with E-state index in [1.165, 1.54) is 13.8 Å². The number of thioether (sulfide) groups is 1. The van der Waals surface area contributed by atoms with Crippen molar-refractivity contribution >= 4 is 69.1 Å². The summed E-state index contributed by atoms with van der Waals surface area (Å²) in [6, 6.07) is 0. The molecule has 2 amide bonds. The van der Waals surface area contributed by atoms with Gasteiger partial charge in [-0.3, -0.25) is 32.5 Å². The van der Waals surface area contributed by atoms with Crippen LogP contribution in [-0.2, 0) is 50.7 Å². The molecule has 29 heteroatoms. The van der Waals surface area contributed by atoms with E-state index in [1.54, 1.807) is 0 Å². The summed E-state index contributed by atoms with van der Waals surface area (Å²) in [6.45, 7) is 2.26. The van der Waals surface area contributed by atoms with E-state index in [-0.39, 0.29) is 53.8 Å². The molecule has 1 fully saturated rings. The van der Waals surface area contributed by atoms with Crippen molar-refractivity contribution in [2.45, 2.75) is 83.2 Å². The number of nitrogens with two attached hydrogens (primary N) is 1. The first-order valence-electron chi connectivity index (χ1n) is 16.7. The van der Waals surface area contributed by atoms with Crippen LogP contribution in [0.3, 0.4) is 0 Å². The highest BCUT2D eigenvalue weighted by atomic mass is 32.2. The molecule has 1 aliphatic rings. The van der Waals surface area contributed by atoms with E-state index in [4.69, 9.17) is 19.5 Å². The van der Waals surface area contributed by atoms with Crippen molar-refractivity contribution in [3.05, 3.63) is 12.7 Å². The van der Waals surface area contributed by atoms with Crippen molar-refractivity contribution in [1.82, 2.24) is 30.2 Å². The Labute approximate surface area is 323 Å². The molecule has 8 atom stereocenters. The predicted octanol–water partition coefficient (Wildman–Crippen LogP) is -0.784. The van der Waals surface area contributed by atoms with E-state index in [2.05, 4.69) is 34.4 Å². The molecule has 0 bridgehead atoms. The summed E-state index contributed by atoms with van der Waals surface area (Å²) in [6.07, 6.45) is -6.45. The highest BCUT2D eigenvalue weighted by molar-refractivity contribution is 8.13.